The molecule has 2 amide bonds. The zero-order valence-electron chi connectivity index (χ0n) is 13.6. The summed E-state index contributed by atoms with van der Waals surface area (Å²) in [7, 11) is 0. The van der Waals surface area contributed by atoms with E-state index in [1.54, 1.807) is 31.2 Å². The molecule has 2 aromatic carbocycles. The number of hydrogen-bond acceptors (Lipinski definition) is 3. The van der Waals surface area contributed by atoms with Crippen molar-refractivity contribution >= 4 is 11.8 Å². The highest BCUT2D eigenvalue weighted by Gasteiger charge is 2.23. The molecular weight excluding hydrogens is 330 g/mol. The Hall–Kier alpha value is -2.80. The van der Waals surface area contributed by atoms with Gasteiger partial charge in [0.15, 0.2) is 11.6 Å². The second-order valence-corrected chi connectivity index (χ2v) is 5.73. The molecule has 0 spiro atoms. The van der Waals surface area contributed by atoms with Crippen molar-refractivity contribution in [3.8, 4) is 0 Å². The summed E-state index contributed by atoms with van der Waals surface area (Å²) in [6.07, 6.45) is 0. The van der Waals surface area contributed by atoms with Crippen LogP contribution in [0, 0.1) is 11.6 Å². The molecule has 0 saturated carbocycles. The summed E-state index contributed by atoms with van der Waals surface area (Å²) in [5.41, 5.74) is -0.717. The number of carbonyl (C=O) groups is 2. The third kappa shape index (κ3) is 5.09. The van der Waals surface area contributed by atoms with E-state index in [1.807, 2.05) is 6.07 Å². The maximum atomic E-state index is 13.1. The molecule has 1 atom stereocenters. The fraction of sp³-hybridized carbons (Fsp3) is 0.222. The summed E-state index contributed by atoms with van der Waals surface area (Å²) in [5.74, 6) is -3.43. The van der Waals surface area contributed by atoms with Crippen molar-refractivity contribution in [1.29, 1.82) is 0 Å². The molecule has 2 rings (SSSR count). The van der Waals surface area contributed by atoms with Crippen molar-refractivity contribution in [3.63, 3.8) is 0 Å². The van der Waals surface area contributed by atoms with Crippen LogP contribution < -0.4 is 10.6 Å². The molecule has 7 heteroatoms. The number of carbonyl (C=O) groups excluding carboxylic acids is 2. The first-order valence-electron chi connectivity index (χ1n) is 7.57. The van der Waals surface area contributed by atoms with Gasteiger partial charge in [-0.25, -0.2) is 8.78 Å². The van der Waals surface area contributed by atoms with E-state index in [2.05, 4.69) is 10.6 Å². The Morgan fingerprint density at radius 1 is 1.04 bits per heavy atom. The molecule has 5 nitrogen and oxygen atoms in total. The standard InChI is InChI=1S/C18H18F2N2O3/c1-18(25,13-5-3-2-4-6-13)11-22-16(23)10-21-17(24)12-7-8-14(19)15(20)9-12/h2-9,25H,10-11H2,1H3,(H,21,24)(H,22,23). The normalized spacial score (nSPS) is 13.0. The average Bonchev–Trinajstić information content (AvgIpc) is 2.61. The lowest BCUT2D eigenvalue weighted by Gasteiger charge is -2.24. The fourth-order valence-corrected chi connectivity index (χ4v) is 2.13. The van der Waals surface area contributed by atoms with Crippen molar-refractivity contribution in [1.82, 2.24) is 10.6 Å². The Morgan fingerprint density at radius 3 is 2.36 bits per heavy atom. The van der Waals surface area contributed by atoms with Crippen LogP contribution in [0.1, 0.15) is 22.8 Å². The number of hydrogen-bond donors (Lipinski definition) is 3. The Bertz CT molecular complexity index is 764. The van der Waals surface area contributed by atoms with E-state index in [0.717, 1.165) is 18.2 Å². The first kappa shape index (κ1) is 18.5. The molecule has 132 valence electrons. The highest BCUT2D eigenvalue weighted by molar-refractivity contribution is 5.96. The zero-order chi connectivity index (χ0) is 18.4. The zero-order valence-corrected chi connectivity index (χ0v) is 13.6. The van der Waals surface area contributed by atoms with E-state index in [1.165, 1.54) is 0 Å². The molecule has 2 aromatic rings. The van der Waals surface area contributed by atoms with Crippen molar-refractivity contribution in [2.24, 2.45) is 0 Å². The Kier molecular flexibility index (Phi) is 5.82. The van der Waals surface area contributed by atoms with Crippen LogP contribution in [-0.4, -0.2) is 30.0 Å². The predicted molar refractivity (Wildman–Crippen MR) is 87.7 cm³/mol. The predicted octanol–water partition coefficient (Wildman–Crippen LogP) is 1.72. The van der Waals surface area contributed by atoms with E-state index in [-0.39, 0.29) is 18.7 Å². The number of rotatable bonds is 6. The minimum absolute atomic E-state index is 0.0447. The highest BCUT2D eigenvalue weighted by Crippen LogP contribution is 2.18. The first-order valence-corrected chi connectivity index (χ1v) is 7.57. The summed E-state index contributed by atoms with van der Waals surface area (Å²) >= 11 is 0. The van der Waals surface area contributed by atoms with Crippen LogP contribution in [0.4, 0.5) is 8.78 Å². The lowest BCUT2D eigenvalue weighted by atomic mass is 9.96. The van der Waals surface area contributed by atoms with E-state index in [9.17, 15) is 23.5 Å². The lowest BCUT2D eigenvalue weighted by molar-refractivity contribution is -0.121. The van der Waals surface area contributed by atoms with Crippen molar-refractivity contribution in [2.75, 3.05) is 13.1 Å². The van der Waals surface area contributed by atoms with Gasteiger partial charge < -0.3 is 15.7 Å². The first-order chi connectivity index (χ1) is 11.8. The van der Waals surface area contributed by atoms with Gasteiger partial charge >= 0.3 is 0 Å². The maximum Gasteiger partial charge on any atom is 0.251 e. The van der Waals surface area contributed by atoms with Gasteiger partial charge in [-0.3, -0.25) is 9.59 Å². The molecule has 0 radical (unpaired) electrons. The summed E-state index contributed by atoms with van der Waals surface area (Å²) in [4.78, 5) is 23.6. The number of benzene rings is 2. The molecule has 0 aliphatic heterocycles. The average molecular weight is 348 g/mol. The smallest absolute Gasteiger partial charge is 0.251 e. The highest BCUT2D eigenvalue weighted by atomic mass is 19.2. The summed E-state index contributed by atoms with van der Waals surface area (Å²) in [5, 5.41) is 15.2. The Labute approximate surface area is 143 Å². The third-order valence-corrected chi connectivity index (χ3v) is 3.62. The van der Waals surface area contributed by atoms with Crippen LogP contribution in [0.3, 0.4) is 0 Å². The molecule has 0 saturated heterocycles. The SMILES string of the molecule is CC(O)(CNC(=O)CNC(=O)c1ccc(F)c(F)c1)c1ccccc1. The molecule has 0 heterocycles. The van der Waals surface area contributed by atoms with Crippen LogP contribution >= 0.6 is 0 Å². The quantitative estimate of drug-likeness (QED) is 0.744. The summed E-state index contributed by atoms with van der Waals surface area (Å²) in [6, 6.07) is 11.5. The van der Waals surface area contributed by atoms with Gasteiger partial charge in [-0.1, -0.05) is 30.3 Å². The minimum Gasteiger partial charge on any atom is -0.384 e. The number of nitrogens with one attached hydrogen (secondary N) is 2. The van der Waals surface area contributed by atoms with Crippen molar-refractivity contribution < 1.29 is 23.5 Å². The van der Waals surface area contributed by atoms with Gasteiger partial charge in [0.25, 0.3) is 5.91 Å². The number of halogens is 2. The molecule has 0 aliphatic carbocycles. The van der Waals surface area contributed by atoms with Gasteiger partial charge in [-0.15, -0.1) is 0 Å². The second-order valence-electron chi connectivity index (χ2n) is 5.73. The molecule has 0 fully saturated rings. The van der Waals surface area contributed by atoms with Crippen LogP contribution in [0.5, 0.6) is 0 Å². The number of aliphatic hydroxyl groups is 1. The van der Waals surface area contributed by atoms with E-state index >= 15 is 0 Å². The van der Waals surface area contributed by atoms with Crippen LogP contribution in [0.2, 0.25) is 0 Å². The van der Waals surface area contributed by atoms with Crippen LogP contribution in [0.15, 0.2) is 48.5 Å². The summed E-state index contributed by atoms with van der Waals surface area (Å²) in [6.45, 7) is 1.15. The Morgan fingerprint density at radius 2 is 1.72 bits per heavy atom. The maximum absolute atomic E-state index is 13.1. The van der Waals surface area contributed by atoms with E-state index < -0.39 is 29.0 Å². The van der Waals surface area contributed by atoms with Crippen LogP contribution in [-0.2, 0) is 10.4 Å². The third-order valence-electron chi connectivity index (χ3n) is 3.62. The van der Waals surface area contributed by atoms with Gasteiger partial charge in [0, 0.05) is 5.56 Å². The fourth-order valence-electron chi connectivity index (χ4n) is 2.13. The Balaban J connectivity index is 1.84. The van der Waals surface area contributed by atoms with Crippen molar-refractivity contribution in [3.05, 3.63) is 71.3 Å². The molecule has 3 N–H and O–H groups in total. The van der Waals surface area contributed by atoms with Gasteiger partial charge in [0.1, 0.15) is 5.60 Å². The molecular formula is C18H18F2N2O3. The molecule has 25 heavy (non-hydrogen) atoms. The summed E-state index contributed by atoms with van der Waals surface area (Å²) < 4.78 is 25.9. The van der Waals surface area contributed by atoms with Gasteiger partial charge in [-0.2, -0.15) is 0 Å². The van der Waals surface area contributed by atoms with E-state index in [0.29, 0.717) is 5.56 Å². The molecule has 0 aromatic heterocycles. The minimum atomic E-state index is -1.26. The van der Waals surface area contributed by atoms with Gasteiger partial charge in [0.05, 0.1) is 13.1 Å². The van der Waals surface area contributed by atoms with Crippen molar-refractivity contribution in [2.45, 2.75) is 12.5 Å². The monoisotopic (exact) mass is 348 g/mol. The lowest BCUT2D eigenvalue weighted by Crippen LogP contribution is -2.43. The van der Waals surface area contributed by atoms with Crippen LogP contribution in [0.25, 0.3) is 0 Å². The van der Waals surface area contributed by atoms with Gasteiger partial charge in [0.2, 0.25) is 5.91 Å². The number of amides is 2. The second kappa shape index (κ2) is 7.85. The van der Waals surface area contributed by atoms with Gasteiger partial charge in [-0.05, 0) is 30.7 Å². The molecule has 0 aliphatic rings. The van der Waals surface area contributed by atoms with E-state index in [4.69, 9.17) is 0 Å². The molecule has 1 unspecified atom stereocenters. The topological polar surface area (TPSA) is 78.4 Å². The molecule has 0 bridgehead atoms. The largest absolute Gasteiger partial charge is 0.384 e.